The fraction of sp³-hybridized carbons (Fsp3) is 0.750. The van der Waals surface area contributed by atoms with Crippen molar-refractivity contribution in [3.63, 3.8) is 0 Å². The van der Waals surface area contributed by atoms with E-state index in [2.05, 4.69) is 6.58 Å². The molecule has 19 heavy (non-hydrogen) atoms. The van der Waals surface area contributed by atoms with Crippen LogP contribution in [0.2, 0.25) is 0 Å². The standard InChI is InChI=1S/C12H20N2O4S/c1-2-7-14(11-3-4-11)19(17,18)13-8-5-10(6-9-13)12(15)16/h2,10-11H,1,3-9H2,(H,15,16). The van der Waals surface area contributed by atoms with Gasteiger partial charge in [-0.15, -0.1) is 6.58 Å². The van der Waals surface area contributed by atoms with Gasteiger partial charge >= 0.3 is 5.97 Å². The fourth-order valence-corrected chi connectivity index (χ4v) is 4.25. The van der Waals surface area contributed by atoms with E-state index in [1.165, 1.54) is 8.61 Å². The van der Waals surface area contributed by atoms with E-state index in [-0.39, 0.29) is 6.04 Å². The third-order valence-corrected chi connectivity index (χ3v) is 5.75. The number of carbonyl (C=O) groups is 1. The molecule has 1 aliphatic heterocycles. The van der Waals surface area contributed by atoms with Crippen LogP contribution in [0.4, 0.5) is 0 Å². The zero-order valence-electron chi connectivity index (χ0n) is 10.9. The number of carboxylic acids is 1. The summed E-state index contributed by atoms with van der Waals surface area (Å²) in [6.45, 7) is 4.51. The van der Waals surface area contributed by atoms with Gasteiger partial charge in [0.25, 0.3) is 10.2 Å². The maximum absolute atomic E-state index is 12.5. The first-order chi connectivity index (χ1) is 8.96. The number of nitrogens with zero attached hydrogens (tertiary/aromatic N) is 2. The lowest BCUT2D eigenvalue weighted by Gasteiger charge is -2.33. The van der Waals surface area contributed by atoms with E-state index in [1.807, 2.05) is 0 Å². The molecule has 0 aromatic rings. The first-order valence-corrected chi connectivity index (χ1v) is 7.97. The Morgan fingerprint density at radius 2 is 1.89 bits per heavy atom. The number of carboxylic acid groups (broad SMARTS) is 1. The lowest BCUT2D eigenvalue weighted by Crippen LogP contribution is -2.48. The zero-order valence-corrected chi connectivity index (χ0v) is 11.7. The van der Waals surface area contributed by atoms with E-state index in [1.54, 1.807) is 6.08 Å². The molecule has 2 rings (SSSR count). The minimum Gasteiger partial charge on any atom is -0.481 e. The minimum atomic E-state index is -3.47. The lowest BCUT2D eigenvalue weighted by atomic mass is 9.99. The Morgan fingerprint density at radius 1 is 1.32 bits per heavy atom. The van der Waals surface area contributed by atoms with Crippen molar-refractivity contribution in [1.29, 1.82) is 0 Å². The monoisotopic (exact) mass is 288 g/mol. The molecular formula is C12H20N2O4S. The second-order valence-electron chi connectivity index (χ2n) is 5.11. The topological polar surface area (TPSA) is 77.9 Å². The van der Waals surface area contributed by atoms with E-state index in [0.29, 0.717) is 32.5 Å². The van der Waals surface area contributed by atoms with E-state index < -0.39 is 22.1 Å². The van der Waals surface area contributed by atoms with Gasteiger partial charge in [0.1, 0.15) is 0 Å². The van der Waals surface area contributed by atoms with E-state index in [9.17, 15) is 13.2 Å². The molecule has 0 aromatic heterocycles. The van der Waals surface area contributed by atoms with Crippen LogP contribution >= 0.6 is 0 Å². The summed E-state index contributed by atoms with van der Waals surface area (Å²) >= 11 is 0. The van der Waals surface area contributed by atoms with Crippen molar-refractivity contribution < 1.29 is 18.3 Å². The molecule has 0 aromatic carbocycles. The molecule has 1 saturated heterocycles. The predicted octanol–water partition coefficient (Wildman–Crippen LogP) is 0.678. The first kappa shape index (κ1) is 14.5. The maximum atomic E-state index is 12.5. The number of aliphatic carboxylic acids is 1. The largest absolute Gasteiger partial charge is 0.481 e. The molecule has 0 atom stereocenters. The Balaban J connectivity index is 2.03. The van der Waals surface area contributed by atoms with Gasteiger partial charge in [-0.2, -0.15) is 17.0 Å². The van der Waals surface area contributed by atoms with Crippen LogP contribution in [0.3, 0.4) is 0 Å². The van der Waals surface area contributed by atoms with Crippen molar-refractivity contribution in [2.75, 3.05) is 19.6 Å². The molecule has 6 nitrogen and oxygen atoms in total. The molecule has 1 N–H and O–H groups in total. The summed E-state index contributed by atoms with van der Waals surface area (Å²) in [5.41, 5.74) is 0. The maximum Gasteiger partial charge on any atom is 0.306 e. The van der Waals surface area contributed by atoms with Crippen LogP contribution in [0.15, 0.2) is 12.7 Å². The summed E-state index contributed by atoms with van der Waals surface area (Å²) < 4.78 is 27.9. The van der Waals surface area contributed by atoms with Gasteiger partial charge in [-0.25, -0.2) is 0 Å². The van der Waals surface area contributed by atoms with Crippen molar-refractivity contribution in [2.24, 2.45) is 5.92 Å². The normalized spacial score (nSPS) is 22.6. The average molecular weight is 288 g/mol. The van der Waals surface area contributed by atoms with Crippen molar-refractivity contribution >= 4 is 16.2 Å². The van der Waals surface area contributed by atoms with Gasteiger partial charge in [0.2, 0.25) is 0 Å². The Bertz CT molecular complexity index is 450. The second-order valence-corrected chi connectivity index (χ2v) is 6.99. The molecule has 0 bridgehead atoms. The van der Waals surface area contributed by atoms with Crippen LogP contribution in [0.25, 0.3) is 0 Å². The molecule has 0 spiro atoms. The highest BCUT2D eigenvalue weighted by Crippen LogP contribution is 2.31. The van der Waals surface area contributed by atoms with Gasteiger partial charge in [-0.3, -0.25) is 4.79 Å². The van der Waals surface area contributed by atoms with E-state index in [0.717, 1.165) is 12.8 Å². The van der Waals surface area contributed by atoms with Gasteiger partial charge in [0, 0.05) is 25.7 Å². The van der Waals surface area contributed by atoms with Crippen LogP contribution in [0.5, 0.6) is 0 Å². The van der Waals surface area contributed by atoms with Crippen molar-refractivity contribution in [3.05, 3.63) is 12.7 Å². The third kappa shape index (κ3) is 3.16. The Hall–Kier alpha value is -0.920. The number of hydrogen-bond acceptors (Lipinski definition) is 3. The summed E-state index contributed by atoms with van der Waals surface area (Å²) in [5.74, 6) is -1.25. The van der Waals surface area contributed by atoms with Gasteiger partial charge in [-0.05, 0) is 25.7 Å². The molecular weight excluding hydrogens is 268 g/mol. The molecule has 1 heterocycles. The van der Waals surface area contributed by atoms with Crippen LogP contribution in [-0.4, -0.2) is 53.8 Å². The van der Waals surface area contributed by atoms with Crippen molar-refractivity contribution in [1.82, 2.24) is 8.61 Å². The average Bonchev–Trinajstić information content (AvgIpc) is 3.20. The Kier molecular flexibility index (Phi) is 4.27. The van der Waals surface area contributed by atoms with Crippen LogP contribution < -0.4 is 0 Å². The second kappa shape index (κ2) is 5.60. The van der Waals surface area contributed by atoms with Crippen LogP contribution in [0.1, 0.15) is 25.7 Å². The summed E-state index contributed by atoms with van der Waals surface area (Å²) in [6, 6.07) is 0.0974. The van der Waals surface area contributed by atoms with E-state index >= 15 is 0 Å². The summed E-state index contributed by atoms with van der Waals surface area (Å²) in [7, 11) is -3.47. The summed E-state index contributed by atoms with van der Waals surface area (Å²) in [6.07, 6.45) is 4.18. The Morgan fingerprint density at radius 3 is 2.32 bits per heavy atom. The molecule has 1 saturated carbocycles. The Labute approximate surface area is 113 Å². The molecule has 0 amide bonds. The smallest absolute Gasteiger partial charge is 0.306 e. The molecule has 1 aliphatic carbocycles. The molecule has 7 heteroatoms. The van der Waals surface area contributed by atoms with Crippen molar-refractivity contribution in [3.8, 4) is 0 Å². The third-order valence-electron chi connectivity index (χ3n) is 3.69. The molecule has 0 unspecified atom stereocenters. The predicted molar refractivity (Wildman–Crippen MR) is 70.8 cm³/mol. The van der Waals surface area contributed by atoms with Crippen molar-refractivity contribution in [2.45, 2.75) is 31.7 Å². The summed E-state index contributed by atoms with van der Waals surface area (Å²) in [4.78, 5) is 10.9. The van der Waals surface area contributed by atoms with Gasteiger partial charge in [-0.1, -0.05) is 6.08 Å². The van der Waals surface area contributed by atoms with Gasteiger partial charge in [0.05, 0.1) is 5.92 Å². The molecule has 108 valence electrons. The zero-order chi connectivity index (χ0) is 14.0. The lowest BCUT2D eigenvalue weighted by molar-refractivity contribution is -0.142. The SMILES string of the molecule is C=CCN(C1CC1)S(=O)(=O)N1CCC(C(=O)O)CC1. The highest BCUT2D eigenvalue weighted by Gasteiger charge is 2.41. The van der Waals surface area contributed by atoms with Gasteiger partial charge < -0.3 is 5.11 Å². The highest BCUT2D eigenvalue weighted by atomic mass is 32.2. The minimum absolute atomic E-state index is 0.0974. The summed E-state index contributed by atoms with van der Waals surface area (Å²) in [5, 5.41) is 8.93. The van der Waals surface area contributed by atoms with Crippen LogP contribution in [0, 0.1) is 5.92 Å². The molecule has 2 aliphatic rings. The van der Waals surface area contributed by atoms with E-state index in [4.69, 9.17) is 5.11 Å². The number of hydrogen-bond donors (Lipinski definition) is 1. The number of rotatable bonds is 6. The first-order valence-electron chi connectivity index (χ1n) is 6.57. The molecule has 2 fully saturated rings. The highest BCUT2D eigenvalue weighted by molar-refractivity contribution is 7.86. The fourth-order valence-electron chi connectivity index (χ4n) is 2.40. The molecule has 0 radical (unpaired) electrons. The van der Waals surface area contributed by atoms with Gasteiger partial charge in [0.15, 0.2) is 0 Å². The quantitative estimate of drug-likeness (QED) is 0.729. The van der Waals surface area contributed by atoms with Crippen LogP contribution in [-0.2, 0) is 15.0 Å². The number of piperidine rings is 1.